The van der Waals surface area contributed by atoms with E-state index in [1.807, 2.05) is 0 Å². The molecule has 0 saturated heterocycles. The van der Waals surface area contributed by atoms with Gasteiger partial charge in [0.1, 0.15) is 5.82 Å². The molecule has 158 valence electrons. The van der Waals surface area contributed by atoms with E-state index in [2.05, 4.69) is 15.3 Å². The lowest BCUT2D eigenvalue weighted by atomic mass is 10.2. The Morgan fingerprint density at radius 1 is 1.13 bits per heavy atom. The summed E-state index contributed by atoms with van der Waals surface area (Å²) in [5.74, 6) is 1.10. The minimum atomic E-state index is -0.301. The predicted molar refractivity (Wildman–Crippen MR) is 117 cm³/mol. The molecule has 0 atom stereocenters. The SMILES string of the molecule is COc1cc2nc(CN(C)CC(=O)Nc3ccc(Cl)c(Cl)c3)[nH]c(=O)c2cc1OC. The number of H-pyrrole nitrogens is 1. The highest BCUT2D eigenvalue weighted by atomic mass is 35.5. The third-order valence-electron chi connectivity index (χ3n) is 4.30. The summed E-state index contributed by atoms with van der Waals surface area (Å²) in [6, 6.07) is 8.07. The van der Waals surface area contributed by atoms with E-state index in [0.29, 0.717) is 44.0 Å². The minimum Gasteiger partial charge on any atom is -0.493 e. The molecule has 0 spiro atoms. The molecule has 0 bridgehead atoms. The maximum atomic E-state index is 12.5. The first kappa shape index (κ1) is 21.9. The predicted octanol–water partition coefficient (Wildman–Crippen LogP) is 3.32. The summed E-state index contributed by atoms with van der Waals surface area (Å²) in [7, 11) is 4.75. The van der Waals surface area contributed by atoms with Crippen LogP contribution in [0.5, 0.6) is 11.5 Å². The van der Waals surface area contributed by atoms with E-state index in [9.17, 15) is 9.59 Å². The molecule has 1 aromatic heterocycles. The molecule has 30 heavy (non-hydrogen) atoms. The van der Waals surface area contributed by atoms with E-state index in [-0.39, 0.29) is 24.6 Å². The maximum absolute atomic E-state index is 12.5. The van der Waals surface area contributed by atoms with Gasteiger partial charge in [0, 0.05) is 11.8 Å². The number of nitrogens with zero attached hydrogens (tertiary/aromatic N) is 2. The lowest BCUT2D eigenvalue weighted by molar-refractivity contribution is -0.117. The van der Waals surface area contributed by atoms with E-state index >= 15 is 0 Å². The molecule has 2 aromatic carbocycles. The van der Waals surface area contributed by atoms with Crippen molar-refractivity contribution in [2.24, 2.45) is 0 Å². The fraction of sp³-hybridized carbons (Fsp3) is 0.250. The third kappa shape index (κ3) is 5.02. The maximum Gasteiger partial charge on any atom is 0.258 e. The molecule has 0 aliphatic rings. The summed E-state index contributed by atoms with van der Waals surface area (Å²) in [6.07, 6.45) is 0. The summed E-state index contributed by atoms with van der Waals surface area (Å²) >= 11 is 11.8. The lowest BCUT2D eigenvalue weighted by Gasteiger charge is -2.16. The van der Waals surface area contributed by atoms with Crippen molar-refractivity contribution < 1.29 is 14.3 Å². The van der Waals surface area contributed by atoms with Crippen LogP contribution in [0.25, 0.3) is 10.9 Å². The van der Waals surface area contributed by atoms with Crippen LogP contribution in [0.2, 0.25) is 10.0 Å². The van der Waals surface area contributed by atoms with Gasteiger partial charge in [-0.05, 0) is 31.3 Å². The first-order chi connectivity index (χ1) is 14.3. The van der Waals surface area contributed by atoms with E-state index < -0.39 is 0 Å². The van der Waals surface area contributed by atoms with Crippen molar-refractivity contribution >= 4 is 45.7 Å². The summed E-state index contributed by atoms with van der Waals surface area (Å²) < 4.78 is 10.5. The molecule has 0 aliphatic carbocycles. The number of nitrogens with one attached hydrogen (secondary N) is 2. The smallest absolute Gasteiger partial charge is 0.258 e. The summed E-state index contributed by atoms with van der Waals surface area (Å²) in [5.41, 5.74) is 0.714. The Morgan fingerprint density at radius 2 is 1.83 bits per heavy atom. The molecule has 0 radical (unpaired) electrons. The number of benzene rings is 2. The Hall–Kier alpha value is -2.81. The number of hydrogen-bond acceptors (Lipinski definition) is 6. The number of methoxy groups -OCH3 is 2. The van der Waals surface area contributed by atoms with Gasteiger partial charge in [-0.25, -0.2) is 4.98 Å². The van der Waals surface area contributed by atoms with Gasteiger partial charge in [-0.3, -0.25) is 14.5 Å². The summed E-state index contributed by atoms with van der Waals surface area (Å²) in [6.45, 7) is 0.336. The largest absolute Gasteiger partial charge is 0.493 e. The highest BCUT2D eigenvalue weighted by Gasteiger charge is 2.13. The van der Waals surface area contributed by atoms with Crippen LogP contribution in [0, 0.1) is 0 Å². The number of halogens is 2. The zero-order valence-corrected chi connectivity index (χ0v) is 18.1. The molecule has 0 fully saturated rings. The van der Waals surface area contributed by atoms with Crippen molar-refractivity contribution in [3.63, 3.8) is 0 Å². The average Bonchev–Trinajstić information content (AvgIpc) is 2.69. The summed E-state index contributed by atoms with van der Waals surface area (Å²) in [5, 5.41) is 3.90. The lowest BCUT2D eigenvalue weighted by Crippen LogP contribution is -2.31. The second kappa shape index (κ2) is 9.34. The molecule has 8 nitrogen and oxygen atoms in total. The fourth-order valence-electron chi connectivity index (χ4n) is 2.92. The van der Waals surface area contributed by atoms with Gasteiger partial charge >= 0.3 is 0 Å². The Labute approximate surface area is 182 Å². The molecule has 1 amide bonds. The van der Waals surface area contributed by atoms with Gasteiger partial charge in [0.05, 0.1) is 48.3 Å². The number of likely N-dealkylation sites (N-methyl/N-ethyl adjacent to an activating group) is 1. The fourth-order valence-corrected chi connectivity index (χ4v) is 3.22. The molecule has 3 rings (SSSR count). The van der Waals surface area contributed by atoms with E-state index in [0.717, 1.165) is 0 Å². The van der Waals surface area contributed by atoms with Gasteiger partial charge in [0.2, 0.25) is 5.91 Å². The molecule has 2 N–H and O–H groups in total. The van der Waals surface area contributed by atoms with Crippen LogP contribution in [-0.4, -0.2) is 48.6 Å². The number of hydrogen-bond donors (Lipinski definition) is 2. The molecular weight excluding hydrogens is 431 g/mol. The number of amides is 1. The molecule has 1 heterocycles. The van der Waals surface area contributed by atoms with Crippen molar-refractivity contribution in [1.29, 1.82) is 0 Å². The molecule has 0 saturated carbocycles. The highest BCUT2D eigenvalue weighted by Crippen LogP contribution is 2.30. The average molecular weight is 451 g/mol. The Bertz CT molecular complexity index is 1150. The Morgan fingerprint density at radius 3 is 2.50 bits per heavy atom. The number of aromatic nitrogens is 2. The van der Waals surface area contributed by atoms with Crippen molar-refractivity contribution in [2.75, 3.05) is 33.1 Å². The summed E-state index contributed by atoms with van der Waals surface area (Å²) in [4.78, 5) is 33.7. The van der Waals surface area contributed by atoms with Gasteiger partial charge in [-0.2, -0.15) is 0 Å². The number of carbonyl (C=O) groups is 1. The van der Waals surface area contributed by atoms with Crippen LogP contribution < -0.4 is 20.3 Å². The first-order valence-electron chi connectivity index (χ1n) is 8.89. The van der Waals surface area contributed by atoms with E-state index in [1.54, 1.807) is 42.3 Å². The van der Waals surface area contributed by atoms with Crippen molar-refractivity contribution in [1.82, 2.24) is 14.9 Å². The standard InChI is InChI=1S/C20H20Cl2N4O4/c1-26(10-19(27)23-11-4-5-13(21)14(22)6-11)9-18-24-15-8-17(30-3)16(29-2)7-12(15)20(28)25-18/h4-8H,9-10H2,1-3H3,(H,23,27)(H,24,25,28). The molecule has 3 aromatic rings. The van der Waals surface area contributed by atoms with Crippen molar-refractivity contribution in [2.45, 2.75) is 6.54 Å². The minimum absolute atomic E-state index is 0.0773. The van der Waals surface area contributed by atoms with Crippen LogP contribution in [0.3, 0.4) is 0 Å². The van der Waals surface area contributed by atoms with Crippen molar-refractivity contribution in [3.05, 3.63) is 56.6 Å². The van der Waals surface area contributed by atoms with Crippen LogP contribution in [0.15, 0.2) is 35.1 Å². The van der Waals surface area contributed by atoms with E-state index in [1.165, 1.54) is 14.2 Å². The van der Waals surface area contributed by atoms with Crippen LogP contribution in [-0.2, 0) is 11.3 Å². The van der Waals surface area contributed by atoms with Gasteiger partial charge in [0.15, 0.2) is 11.5 Å². The molecule has 10 heteroatoms. The number of fused-ring (bicyclic) bond motifs is 1. The zero-order valence-electron chi connectivity index (χ0n) is 16.6. The van der Waals surface area contributed by atoms with Gasteiger partial charge < -0.3 is 19.8 Å². The topological polar surface area (TPSA) is 96.5 Å². The number of ether oxygens (including phenoxy) is 2. The van der Waals surface area contributed by atoms with Crippen LogP contribution >= 0.6 is 23.2 Å². The number of anilines is 1. The Kier molecular flexibility index (Phi) is 6.81. The first-order valence-corrected chi connectivity index (χ1v) is 9.64. The second-order valence-electron chi connectivity index (χ2n) is 6.59. The Balaban J connectivity index is 1.72. The quantitative estimate of drug-likeness (QED) is 0.572. The highest BCUT2D eigenvalue weighted by molar-refractivity contribution is 6.42. The zero-order chi connectivity index (χ0) is 21.8. The normalized spacial score (nSPS) is 11.0. The number of carbonyl (C=O) groups excluding carboxylic acids is 1. The number of aromatic amines is 1. The van der Waals surface area contributed by atoms with E-state index in [4.69, 9.17) is 32.7 Å². The van der Waals surface area contributed by atoms with Gasteiger partial charge in [0.25, 0.3) is 5.56 Å². The molecule has 0 aliphatic heterocycles. The molecule has 0 unspecified atom stereocenters. The van der Waals surface area contributed by atoms with Gasteiger partial charge in [-0.15, -0.1) is 0 Å². The van der Waals surface area contributed by atoms with Crippen LogP contribution in [0.1, 0.15) is 5.82 Å². The third-order valence-corrected chi connectivity index (χ3v) is 5.04. The molecular formula is C20H20Cl2N4O4. The monoisotopic (exact) mass is 450 g/mol. The number of rotatable bonds is 7. The van der Waals surface area contributed by atoms with Gasteiger partial charge in [-0.1, -0.05) is 23.2 Å². The second-order valence-corrected chi connectivity index (χ2v) is 7.40. The van der Waals surface area contributed by atoms with Crippen molar-refractivity contribution in [3.8, 4) is 11.5 Å². The van der Waals surface area contributed by atoms with Crippen LogP contribution in [0.4, 0.5) is 5.69 Å².